The molecule has 0 fully saturated rings. The van der Waals surface area contributed by atoms with Crippen molar-refractivity contribution in [2.75, 3.05) is 5.73 Å². The molecule has 0 saturated heterocycles. The van der Waals surface area contributed by atoms with Crippen molar-refractivity contribution in [3.8, 4) is 9.75 Å². The van der Waals surface area contributed by atoms with Crippen LogP contribution in [-0.2, 0) is 0 Å². The summed E-state index contributed by atoms with van der Waals surface area (Å²) in [4.78, 5) is 2.36. The Kier molecular flexibility index (Phi) is 2.60. The van der Waals surface area contributed by atoms with Crippen molar-refractivity contribution in [1.82, 2.24) is 0 Å². The molecule has 0 atom stereocenters. The molecule has 0 aliphatic carbocycles. The standard InChI is InChI=1S/C8H7NS4/c9-4-3-6(13-8(4)11)5-1-2-7(10)12-5/h1-3,10-11H,9H2. The highest BCUT2D eigenvalue weighted by Crippen LogP contribution is 2.39. The third-order valence-electron chi connectivity index (χ3n) is 1.57. The van der Waals surface area contributed by atoms with Gasteiger partial charge in [-0.05, 0) is 18.2 Å². The maximum atomic E-state index is 5.70. The minimum atomic E-state index is 0.748. The van der Waals surface area contributed by atoms with E-state index in [0.717, 1.165) is 19.0 Å². The van der Waals surface area contributed by atoms with Gasteiger partial charge in [0, 0.05) is 9.75 Å². The number of hydrogen-bond acceptors (Lipinski definition) is 5. The second-order valence-corrected chi connectivity index (χ2v) is 6.18. The summed E-state index contributed by atoms with van der Waals surface area (Å²) in [6.45, 7) is 0. The molecule has 0 radical (unpaired) electrons. The van der Waals surface area contributed by atoms with Crippen molar-refractivity contribution in [3.05, 3.63) is 18.2 Å². The van der Waals surface area contributed by atoms with Crippen molar-refractivity contribution in [3.63, 3.8) is 0 Å². The fraction of sp³-hybridized carbons (Fsp3) is 0. The number of hydrogen-bond donors (Lipinski definition) is 3. The van der Waals surface area contributed by atoms with Crippen LogP contribution in [0.5, 0.6) is 0 Å². The quantitative estimate of drug-likeness (QED) is 0.657. The molecule has 0 saturated carbocycles. The van der Waals surface area contributed by atoms with Crippen molar-refractivity contribution >= 4 is 53.6 Å². The van der Waals surface area contributed by atoms with Crippen LogP contribution < -0.4 is 5.73 Å². The Hall–Kier alpha value is -0.100. The maximum absolute atomic E-state index is 5.70. The first-order chi connectivity index (χ1) is 6.16. The summed E-state index contributed by atoms with van der Waals surface area (Å²) in [6, 6.07) is 5.98. The predicted octanol–water partition coefficient (Wildman–Crippen LogP) is 3.64. The lowest BCUT2D eigenvalue weighted by Gasteiger charge is -1.86. The molecule has 0 amide bonds. The molecule has 0 spiro atoms. The molecular weight excluding hydrogens is 238 g/mol. The predicted molar refractivity (Wildman–Crippen MR) is 66.5 cm³/mol. The third kappa shape index (κ3) is 1.88. The van der Waals surface area contributed by atoms with Crippen LogP contribution in [0, 0.1) is 0 Å². The van der Waals surface area contributed by atoms with E-state index in [1.54, 1.807) is 22.7 Å². The fourth-order valence-corrected chi connectivity index (χ4v) is 3.35. The van der Waals surface area contributed by atoms with Gasteiger partial charge in [0.1, 0.15) is 0 Å². The van der Waals surface area contributed by atoms with Crippen molar-refractivity contribution < 1.29 is 0 Å². The van der Waals surface area contributed by atoms with Crippen LogP contribution >= 0.6 is 47.9 Å². The highest BCUT2D eigenvalue weighted by Gasteiger charge is 2.06. The van der Waals surface area contributed by atoms with Gasteiger partial charge in [-0.2, -0.15) is 0 Å². The van der Waals surface area contributed by atoms with E-state index in [9.17, 15) is 0 Å². The Balaban J connectivity index is 2.46. The minimum Gasteiger partial charge on any atom is -0.397 e. The van der Waals surface area contributed by atoms with E-state index in [-0.39, 0.29) is 0 Å². The maximum Gasteiger partial charge on any atom is 0.0805 e. The average molecular weight is 245 g/mol. The van der Waals surface area contributed by atoms with Crippen LogP contribution in [0.2, 0.25) is 0 Å². The van der Waals surface area contributed by atoms with E-state index in [4.69, 9.17) is 5.73 Å². The van der Waals surface area contributed by atoms with Gasteiger partial charge in [0.05, 0.1) is 14.1 Å². The lowest BCUT2D eigenvalue weighted by atomic mass is 10.4. The number of rotatable bonds is 1. The highest BCUT2D eigenvalue weighted by atomic mass is 32.2. The molecule has 0 unspecified atom stereocenters. The minimum absolute atomic E-state index is 0.748. The van der Waals surface area contributed by atoms with E-state index in [1.807, 2.05) is 18.2 Å². The third-order valence-corrected chi connectivity index (χ3v) is 4.57. The van der Waals surface area contributed by atoms with Gasteiger partial charge in [0.15, 0.2) is 0 Å². The summed E-state index contributed by atoms with van der Waals surface area (Å²) in [5.41, 5.74) is 6.45. The van der Waals surface area contributed by atoms with Gasteiger partial charge >= 0.3 is 0 Å². The smallest absolute Gasteiger partial charge is 0.0805 e. The summed E-state index contributed by atoms with van der Waals surface area (Å²) in [5, 5.41) is 0. The average Bonchev–Trinajstić information content (AvgIpc) is 2.61. The monoisotopic (exact) mass is 245 g/mol. The van der Waals surface area contributed by atoms with Crippen molar-refractivity contribution in [2.24, 2.45) is 0 Å². The summed E-state index contributed by atoms with van der Waals surface area (Å²) in [6.07, 6.45) is 0. The number of thiol groups is 2. The molecule has 2 N–H and O–H groups in total. The second-order valence-electron chi connectivity index (χ2n) is 2.51. The number of nitrogen functional groups attached to an aromatic ring is 1. The van der Waals surface area contributed by atoms with E-state index >= 15 is 0 Å². The lowest BCUT2D eigenvalue weighted by molar-refractivity contribution is 1.71. The fourth-order valence-electron chi connectivity index (χ4n) is 0.977. The topological polar surface area (TPSA) is 26.0 Å². The number of thiophene rings is 2. The van der Waals surface area contributed by atoms with E-state index in [0.29, 0.717) is 0 Å². The van der Waals surface area contributed by atoms with Crippen LogP contribution in [0.1, 0.15) is 0 Å². The zero-order valence-corrected chi connectivity index (χ0v) is 9.94. The number of anilines is 1. The van der Waals surface area contributed by atoms with Crippen molar-refractivity contribution in [2.45, 2.75) is 8.42 Å². The largest absolute Gasteiger partial charge is 0.397 e. The first-order valence-corrected chi connectivity index (χ1v) is 6.07. The number of nitrogens with two attached hydrogens (primary N) is 1. The first-order valence-electron chi connectivity index (χ1n) is 3.54. The highest BCUT2D eigenvalue weighted by molar-refractivity contribution is 7.83. The Morgan fingerprint density at radius 3 is 2.31 bits per heavy atom. The molecule has 5 heteroatoms. The van der Waals surface area contributed by atoms with Gasteiger partial charge in [-0.3, -0.25) is 0 Å². The van der Waals surface area contributed by atoms with E-state index in [1.165, 1.54) is 4.88 Å². The van der Waals surface area contributed by atoms with Crippen LogP contribution in [0.25, 0.3) is 9.75 Å². The van der Waals surface area contributed by atoms with Crippen molar-refractivity contribution in [1.29, 1.82) is 0 Å². The summed E-state index contributed by atoms with van der Waals surface area (Å²) in [7, 11) is 0. The molecule has 2 aromatic rings. The molecule has 68 valence electrons. The second kappa shape index (κ2) is 3.57. The molecule has 2 aromatic heterocycles. The van der Waals surface area contributed by atoms with Gasteiger partial charge in [0.2, 0.25) is 0 Å². The molecular formula is C8H7NS4. The SMILES string of the molecule is Nc1cc(-c2ccc(S)s2)sc1S. The summed E-state index contributed by atoms with van der Waals surface area (Å²) < 4.78 is 1.90. The van der Waals surface area contributed by atoms with Gasteiger partial charge < -0.3 is 5.73 Å². The van der Waals surface area contributed by atoms with Gasteiger partial charge in [0.25, 0.3) is 0 Å². The van der Waals surface area contributed by atoms with E-state index in [2.05, 4.69) is 25.3 Å². The molecule has 13 heavy (non-hydrogen) atoms. The zero-order chi connectivity index (χ0) is 9.42. The van der Waals surface area contributed by atoms with Crippen LogP contribution in [0.3, 0.4) is 0 Å². The molecule has 2 rings (SSSR count). The Labute approximate surface area is 95.4 Å². The molecule has 0 aliphatic rings. The lowest BCUT2D eigenvalue weighted by Crippen LogP contribution is -1.78. The van der Waals surface area contributed by atoms with Gasteiger partial charge in [-0.15, -0.1) is 47.9 Å². The van der Waals surface area contributed by atoms with Crippen LogP contribution in [0.4, 0.5) is 5.69 Å². The zero-order valence-electron chi connectivity index (χ0n) is 6.52. The molecule has 0 aromatic carbocycles. The Morgan fingerprint density at radius 1 is 1.08 bits per heavy atom. The molecule has 0 bridgehead atoms. The van der Waals surface area contributed by atoms with Gasteiger partial charge in [-0.25, -0.2) is 0 Å². The van der Waals surface area contributed by atoms with Gasteiger partial charge in [-0.1, -0.05) is 0 Å². The molecule has 0 aliphatic heterocycles. The first kappa shape index (κ1) is 9.45. The molecule has 1 nitrogen and oxygen atoms in total. The summed E-state index contributed by atoms with van der Waals surface area (Å²) in [5.74, 6) is 0. The van der Waals surface area contributed by atoms with E-state index < -0.39 is 0 Å². The van der Waals surface area contributed by atoms with Crippen LogP contribution in [0.15, 0.2) is 26.6 Å². The Morgan fingerprint density at radius 2 is 1.85 bits per heavy atom. The molecule has 2 heterocycles. The summed E-state index contributed by atoms with van der Waals surface area (Å²) >= 11 is 11.8. The Bertz CT molecular complexity index is 410. The normalized spacial score (nSPS) is 10.6. The van der Waals surface area contributed by atoms with Crippen LogP contribution in [-0.4, -0.2) is 0 Å².